The predicted molar refractivity (Wildman–Crippen MR) is 146 cm³/mol. The fraction of sp³-hybridized carbons (Fsp3) is 0.323. The molecular formula is C31H34N4O. The van der Waals surface area contributed by atoms with E-state index in [1.54, 1.807) is 6.20 Å². The minimum Gasteiger partial charge on any atom is -0.352 e. The number of benzene rings is 2. The van der Waals surface area contributed by atoms with Crippen LogP contribution in [0.25, 0.3) is 22.3 Å². The van der Waals surface area contributed by atoms with E-state index in [0.717, 1.165) is 59.8 Å². The molecule has 0 bridgehead atoms. The molecule has 4 aromatic rings. The van der Waals surface area contributed by atoms with Crippen molar-refractivity contribution < 1.29 is 4.79 Å². The molecule has 1 aliphatic heterocycles. The van der Waals surface area contributed by atoms with Gasteiger partial charge in [0, 0.05) is 18.1 Å². The van der Waals surface area contributed by atoms with E-state index in [0.29, 0.717) is 12.1 Å². The fourth-order valence-electron chi connectivity index (χ4n) is 5.13. The van der Waals surface area contributed by atoms with Crippen molar-refractivity contribution in [1.82, 2.24) is 20.2 Å². The normalized spacial score (nSPS) is 14.7. The minimum atomic E-state index is -0.0493. The number of carbonyl (C=O) groups excluding carboxylic acids is 1. The van der Waals surface area contributed by atoms with E-state index in [1.165, 1.54) is 24.8 Å². The minimum absolute atomic E-state index is 0.0493. The highest BCUT2D eigenvalue weighted by atomic mass is 16.1. The van der Waals surface area contributed by atoms with Crippen LogP contribution in [0.3, 0.4) is 0 Å². The smallest absolute Gasteiger partial charge is 0.252 e. The molecule has 5 heteroatoms. The van der Waals surface area contributed by atoms with Gasteiger partial charge in [0.1, 0.15) is 0 Å². The monoisotopic (exact) mass is 478 g/mol. The summed E-state index contributed by atoms with van der Waals surface area (Å²) in [4.78, 5) is 25.0. The molecule has 2 aromatic carbocycles. The summed E-state index contributed by atoms with van der Waals surface area (Å²) in [5.74, 6) is 0.729. The maximum Gasteiger partial charge on any atom is 0.252 e. The van der Waals surface area contributed by atoms with Gasteiger partial charge < -0.3 is 10.2 Å². The first-order chi connectivity index (χ1) is 17.7. The maximum absolute atomic E-state index is 13.2. The number of piperidine rings is 1. The fourth-order valence-corrected chi connectivity index (χ4v) is 5.13. The molecule has 1 fully saturated rings. The number of likely N-dealkylation sites (tertiary alicyclic amines) is 1. The Balaban J connectivity index is 1.16. The van der Waals surface area contributed by atoms with Gasteiger partial charge in [-0.25, -0.2) is 4.98 Å². The van der Waals surface area contributed by atoms with Gasteiger partial charge in [-0.3, -0.25) is 9.78 Å². The number of aryl methyl sites for hydroxylation is 1. The van der Waals surface area contributed by atoms with Crippen molar-refractivity contribution in [1.29, 1.82) is 0 Å². The van der Waals surface area contributed by atoms with Crippen LogP contribution in [0, 0.1) is 12.8 Å². The van der Waals surface area contributed by atoms with Crippen molar-refractivity contribution in [3.8, 4) is 11.4 Å². The number of carbonyl (C=O) groups is 1. The zero-order chi connectivity index (χ0) is 24.7. The van der Waals surface area contributed by atoms with Crippen LogP contribution in [0.5, 0.6) is 0 Å². The van der Waals surface area contributed by atoms with E-state index in [1.807, 2.05) is 49.4 Å². The van der Waals surface area contributed by atoms with Crippen LogP contribution in [0.2, 0.25) is 0 Å². The third-order valence-electron chi connectivity index (χ3n) is 7.15. The lowest BCUT2D eigenvalue weighted by Crippen LogP contribution is -2.36. The van der Waals surface area contributed by atoms with Crippen molar-refractivity contribution in [2.24, 2.45) is 5.92 Å². The summed E-state index contributed by atoms with van der Waals surface area (Å²) in [6.45, 7) is 6.02. The molecule has 0 unspecified atom stereocenters. The SMILES string of the molecule is Cc1ccc2nc(-c3ccccn3)cc(C(=O)NCCCN3CCC(Cc4ccccc4)CC3)c2c1. The third-order valence-corrected chi connectivity index (χ3v) is 7.15. The molecule has 5 nitrogen and oxygen atoms in total. The Morgan fingerprint density at radius 3 is 2.56 bits per heavy atom. The molecule has 0 spiro atoms. The lowest BCUT2D eigenvalue weighted by Gasteiger charge is -2.32. The van der Waals surface area contributed by atoms with Crippen molar-refractivity contribution in [2.45, 2.75) is 32.6 Å². The quantitative estimate of drug-likeness (QED) is 0.331. The Labute approximate surface area is 213 Å². The zero-order valence-electron chi connectivity index (χ0n) is 21.0. The molecule has 36 heavy (non-hydrogen) atoms. The van der Waals surface area contributed by atoms with Crippen molar-refractivity contribution >= 4 is 16.8 Å². The van der Waals surface area contributed by atoms with Crippen LogP contribution < -0.4 is 5.32 Å². The van der Waals surface area contributed by atoms with Crippen LogP contribution in [0.1, 0.15) is 40.7 Å². The lowest BCUT2D eigenvalue weighted by molar-refractivity contribution is 0.0952. The van der Waals surface area contributed by atoms with E-state index >= 15 is 0 Å². The Hall–Kier alpha value is -3.57. The first-order valence-corrected chi connectivity index (χ1v) is 13.0. The van der Waals surface area contributed by atoms with E-state index in [4.69, 9.17) is 4.98 Å². The van der Waals surface area contributed by atoms with Gasteiger partial charge in [0.15, 0.2) is 0 Å². The molecule has 0 aliphatic carbocycles. The van der Waals surface area contributed by atoms with Gasteiger partial charge in [-0.2, -0.15) is 0 Å². The van der Waals surface area contributed by atoms with Gasteiger partial charge >= 0.3 is 0 Å². The molecule has 5 rings (SSSR count). The number of pyridine rings is 2. The molecule has 0 atom stereocenters. The largest absolute Gasteiger partial charge is 0.352 e. The molecule has 1 N–H and O–H groups in total. The molecule has 184 valence electrons. The number of aromatic nitrogens is 2. The van der Waals surface area contributed by atoms with E-state index in [-0.39, 0.29) is 5.91 Å². The second-order valence-corrected chi connectivity index (χ2v) is 9.87. The number of hydrogen-bond donors (Lipinski definition) is 1. The summed E-state index contributed by atoms with van der Waals surface area (Å²) in [6, 6.07) is 24.5. The highest BCUT2D eigenvalue weighted by molar-refractivity contribution is 6.07. The standard InChI is InChI=1S/C31H34N4O/c1-23-11-12-28-26(20-23)27(22-30(34-28)29-10-5-6-15-32-29)31(36)33-16-7-17-35-18-13-25(14-19-35)21-24-8-3-2-4-9-24/h2-6,8-12,15,20,22,25H,7,13-14,16-19,21H2,1H3,(H,33,36). The number of hydrogen-bond acceptors (Lipinski definition) is 4. The van der Waals surface area contributed by atoms with Crippen LogP contribution in [-0.4, -0.2) is 47.0 Å². The van der Waals surface area contributed by atoms with Crippen LogP contribution in [0.15, 0.2) is 79.0 Å². The first-order valence-electron chi connectivity index (χ1n) is 13.0. The Bertz CT molecular complexity index is 1300. The summed E-state index contributed by atoms with van der Waals surface area (Å²) in [5, 5.41) is 4.04. The van der Waals surface area contributed by atoms with Crippen molar-refractivity contribution in [3.05, 3.63) is 95.7 Å². The van der Waals surface area contributed by atoms with Crippen LogP contribution >= 0.6 is 0 Å². The molecule has 2 aromatic heterocycles. The van der Waals surface area contributed by atoms with Gasteiger partial charge in [0.2, 0.25) is 0 Å². The van der Waals surface area contributed by atoms with Gasteiger partial charge in [-0.05, 0) is 94.1 Å². The van der Waals surface area contributed by atoms with Crippen LogP contribution in [0.4, 0.5) is 0 Å². The van der Waals surface area contributed by atoms with Gasteiger partial charge in [0.25, 0.3) is 5.91 Å². The van der Waals surface area contributed by atoms with Gasteiger partial charge in [-0.15, -0.1) is 0 Å². The second-order valence-electron chi connectivity index (χ2n) is 9.87. The predicted octanol–water partition coefficient (Wildman–Crippen LogP) is 5.68. The molecule has 0 radical (unpaired) electrons. The number of fused-ring (bicyclic) bond motifs is 1. The average Bonchev–Trinajstić information content (AvgIpc) is 2.92. The molecule has 1 aliphatic rings. The summed E-state index contributed by atoms with van der Waals surface area (Å²) in [6.07, 6.45) is 6.38. The summed E-state index contributed by atoms with van der Waals surface area (Å²) >= 11 is 0. The zero-order valence-corrected chi connectivity index (χ0v) is 21.0. The molecule has 0 saturated carbocycles. The molecule has 1 amide bonds. The summed E-state index contributed by atoms with van der Waals surface area (Å²) in [5.41, 5.74) is 5.52. The highest BCUT2D eigenvalue weighted by Gasteiger charge is 2.19. The lowest BCUT2D eigenvalue weighted by atomic mass is 9.90. The Morgan fingerprint density at radius 2 is 1.78 bits per heavy atom. The number of rotatable bonds is 8. The van der Waals surface area contributed by atoms with E-state index < -0.39 is 0 Å². The Morgan fingerprint density at radius 1 is 0.972 bits per heavy atom. The second kappa shape index (κ2) is 11.4. The van der Waals surface area contributed by atoms with Gasteiger partial charge in [-0.1, -0.05) is 48.0 Å². The third kappa shape index (κ3) is 5.97. The number of nitrogens with zero attached hydrogens (tertiary/aromatic N) is 3. The highest BCUT2D eigenvalue weighted by Crippen LogP contribution is 2.25. The molecule has 1 saturated heterocycles. The van der Waals surface area contributed by atoms with Crippen molar-refractivity contribution in [3.63, 3.8) is 0 Å². The maximum atomic E-state index is 13.2. The average molecular weight is 479 g/mol. The van der Waals surface area contributed by atoms with Gasteiger partial charge in [0.05, 0.1) is 22.5 Å². The summed E-state index contributed by atoms with van der Waals surface area (Å²) in [7, 11) is 0. The number of amides is 1. The van der Waals surface area contributed by atoms with E-state index in [2.05, 4.69) is 45.5 Å². The topological polar surface area (TPSA) is 58.1 Å². The van der Waals surface area contributed by atoms with Crippen LogP contribution in [-0.2, 0) is 6.42 Å². The summed E-state index contributed by atoms with van der Waals surface area (Å²) < 4.78 is 0. The number of nitrogens with one attached hydrogen (secondary N) is 1. The van der Waals surface area contributed by atoms with E-state index in [9.17, 15) is 4.79 Å². The Kier molecular flexibility index (Phi) is 7.67. The molecular weight excluding hydrogens is 444 g/mol. The molecule has 3 heterocycles. The van der Waals surface area contributed by atoms with Crippen molar-refractivity contribution in [2.75, 3.05) is 26.2 Å². The first kappa shape index (κ1) is 24.1.